The zero-order valence-corrected chi connectivity index (χ0v) is 28.3. The minimum Gasteiger partial charge on any atom is -0.383 e. The largest absolute Gasteiger partial charge is 0.383 e. The second-order valence-corrected chi connectivity index (χ2v) is 8.64. The molecule has 37 heavy (non-hydrogen) atoms. The first-order valence-corrected chi connectivity index (χ1v) is 15.2. The molecule has 2 nitrogen and oxygen atoms in total. The summed E-state index contributed by atoms with van der Waals surface area (Å²) in [5.41, 5.74) is 4.32. The van der Waals surface area contributed by atoms with E-state index in [4.69, 9.17) is 0 Å². The van der Waals surface area contributed by atoms with E-state index >= 15 is 0 Å². The van der Waals surface area contributed by atoms with Crippen LogP contribution in [0.1, 0.15) is 148 Å². The van der Waals surface area contributed by atoms with Crippen LogP contribution < -0.4 is 5.32 Å². The van der Waals surface area contributed by atoms with Crippen molar-refractivity contribution in [3.63, 3.8) is 0 Å². The predicted octanol–water partition coefficient (Wildman–Crippen LogP) is 12.7. The SMILES string of the molecule is C=C/C=C(\C=C)N=C(CC)CNC(=C)CCC=C(C)C.CC.CC.CCC(C)C.CCCC.CCCC. The normalized spacial score (nSPS) is 9.59. The molecule has 0 amide bonds. The Hall–Kier alpha value is -1.83. The number of nitrogens with zero attached hydrogens (tertiary/aromatic N) is 1. The highest BCUT2D eigenvalue weighted by atomic mass is 14.9. The molecule has 0 aliphatic rings. The number of hydrogen-bond acceptors (Lipinski definition) is 2. The number of allylic oxidation sites excluding steroid dienone is 6. The van der Waals surface area contributed by atoms with Gasteiger partial charge in [-0.3, -0.25) is 4.99 Å². The standard InChI is InChI=1S/C18H28N2.C5H12.2C4H10.2C2H6/c1-7-11-17(8-2)20-18(9-3)14-19-16(6)13-10-12-15(4)5;1-4-5(2)3;2*1-3-4-2;2*1-2/h7-8,11-12,19H,1-2,6,9-10,13-14H2,3-5H3;5H,4H2,1-3H3;2*3-4H2,1-2H3;2*1-2H3/b17-11+,20-18?;;;;;. The molecule has 0 aliphatic heterocycles. The topological polar surface area (TPSA) is 24.4 Å². The van der Waals surface area contributed by atoms with E-state index in [2.05, 4.69) is 105 Å². The van der Waals surface area contributed by atoms with Crippen LogP contribution in [0.3, 0.4) is 0 Å². The van der Waals surface area contributed by atoms with E-state index in [1.54, 1.807) is 12.2 Å². The van der Waals surface area contributed by atoms with Gasteiger partial charge in [-0.05, 0) is 51.2 Å². The van der Waals surface area contributed by atoms with Gasteiger partial charge in [0, 0.05) is 11.4 Å². The third-order valence-electron chi connectivity index (χ3n) is 4.55. The summed E-state index contributed by atoms with van der Waals surface area (Å²) < 4.78 is 0. The molecule has 222 valence electrons. The molecule has 0 unspecified atom stereocenters. The lowest BCUT2D eigenvalue weighted by atomic mass is 10.2. The zero-order valence-electron chi connectivity index (χ0n) is 28.3. The number of nitrogens with one attached hydrogen (secondary N) is 1. The highest BCUT2D eigenvalue weighted by Crippen LogP contribution is 2.04. The lowest BCUT2D eigenvalue weighted by Crippen LogP contribution is -2.21. The molecule has 0 fully saturated rings. The molecule has 0 rings (SSSR count). The molecule has 1 N–H and O–H groups in total. The van der Waals surface area contributed by atoms with Gasteiger partial charge in [0.25, 0.3) is 0 Å². The van der Waals surface area contributed by atoms with E-state index in [-0.39, 0.29) is 0 Å². The van der Waals surface area contributed by atoms with E-state index < -0.39 is 0 Å². The van der Waals surface area contributed by atoms with Gasteiger partial charge < -0.3 is 5.32 Å². The Kier molecular flexibility index (Phi) is 61.8. The molecule has 0 saturated heterocycles. The fraction of sp³-hybridized carbons (Fsp3) is 0.686. The summed E-state index contributed by atoms with van der Waals surface area (Å²) in [5.74, 6) is 0.884. The molecule has 0 aromatic rings. The van der Waals surface area contributed by atoms with Gasteiger partial charge in [0.2, 0.25) is 0 Å². The van der Waals surface area contributed by atoms with Crippen LogP contribution in [0.4, 0.5) is 0 Å². The van der Waals surface area contributed by atoms with Crippen molar-refractivity contribution in [2.75, 3.05) is 6.54 Å². The highest BCUT2D eigenvalue weighted by Gasteiger charge is 1.99. The van der Waals surface area contributed by atoms with E-state index in [0.29, 0.717) is 0 Å². The summed E-state index contributed by atoms with van der Waals surface area (Å²) >= 11 is 0. The summed E-state index contributed by atoms with van der Waals surface area (Å²) in [6, 6.07) is 0. The zero-order chi connectivity index (χ0) is 30.5. The Morgan fingerprint density at radius 3 is 1.54 bits per heavy atom. The summed E-state index contributed by atoms with van der Waals surface area (Å²) in [6.45, 7) is 41.9. The van der Waals surface area contributed by atoms with Crippen molar-refractivity contribution >= 4 is 5.71 Å². The fourth-order valence-electron chi connectivity index (χ4n) is 1.55. The number of unbranched alkanes of at least 4 members (excludes halogenated alkanes) is 2. The predicted molar refractivity (Wildman–Crippen MR) is 181 cm³/mol. The molecule has 0 radical (unpaired) electrons. The maximum Gasteiger partial charge on any atom is 0.0623 e. The first-order chi connectivity index (χ1) is 17.6. The molecule has 0 aromatic carbocycles. The van der Waals surface area contributed by atoms with Crippen LogP contribution in [0.2, 0.25) is 0 Å². The number of aliphatic imine (C=N–C) groups is 1. The van der Waals surface area contributed by atoms with Gasteiger partial charge in [0.05, 0.1) is 12.2 Å². The Balaban J connectivity index is -0.000000115. The van der Waals surface area contributed by atoms with Gasteiger partial charge in [0.1, 0.15) is 0 Å². The van der Waals surface area contributed by atoms with Gasteiger partial charge in [-0.2, -0.15) is 0 Å². The van der Waals surface area contributed by atoms with Crippen LogP contribution in [-0.2, 0) is 0 Å². The molecular formula is C35H72N2. The molecule has 0 spiro atoms. The average molecular weight is 521 g/mol. The Morgan fingerprint density at radius 2 is 1.27 bits per heavy atom. The molecular weight excluding hydrogens is 448 g/mol. The number of hydrogen-bond donors (Lipinski definition) is 1. The first kappa shape index (κ1) is 48.3. The van der Waals surface area contributed by atoms with Gasteiger partial charge >= 0.3 is 0 Å². The van der Waals surface area contributed by atoms with Gasteiger partial charge in [-0.15, -0.1) is 0 Å². The van der Waals surface area contributed by atoms with Gasteiger partial charge in [-0.1, -0.05) is 153 Å². The Morgan fingerprint density at radius 1 is 0.838 bits per heavy atom. The minimum atomic E-state index is 0.729. The quantitative estimate of drug-likeness (QED) is 0.146. The van der Waals surface area contributed by atoms with Crippen molar-refractivity contribution in [1.82, 2.24) is 5.32 Å². The highest BCUT2D eigenvalue weighted by molar-refractivity contribution is 5.87. The van der Waals surface area contributed by atoms with Crippen LogP contribution in [0.25, 0.3) is 0 Å². The lowest BCUT2D eigenvalue weighted by molar-refractivity contribution is 0.626. The fourth-order valence-corrected chi connectivity index (χ4v) is 1.55. The summed E-state index contributed by atoms with van der Waals surface area (Å²) in [6.07, 6.45) is 17.0. The van der Waals surface area contributed by atoms with Crippen molar-refractivity contribution in [2.24, 2.45) is 10.9 Å². The molecule has 0 aromatic heterocycles. The summed E-state index contributed by atoms with van der Waals surface area (Å²) in [5, 5.41) is 3.34. The third kappa shape index (κ3) is 60.5. The molecule has 0 saturated carbocycles. The summed E-state index contributed by atoms with van der Waals surface area (Å²) in [4.78, 5) is 4.56. The maximum absolute atomic E-state index is 4.56. The van der Waals surface area contributed by atoms with Crippen molar-refractivity contribution in [3.8, 4) is 0 Å². The van der Waals surface area contributed by atoms with E-state index in [1.807, 2.05) is 33.8 Å². The van der Waals surface area contributed by atoms with E-state index in [0.717, 1.165) is 48.8 Å². The minimum absolute atomic E-state index is 0.729. The van der Waals surface area contributed by atoms with Crippen LogP contribution in [0, 0.1) is 5.92 Å². The average Bonchev–Trinajstić information content (AvgIpc) is 2.92. The van der Waals surface area contributed by atoms with Crippen LogP contribution in [0.15, 0.2) is 66.0 Å². The first-order valence-electron chi connectivity index (χ1n) is 15.2. The molecule has 0 atom stereocenters. The van der Waals surface area contributed by atoms with Gasteiger partial charge in [0.15, 0.2) is 0 Å². The number of rotatable bonds is 13. The van der Waals surface area contributed by atoms with Crippen LogP contribution in [0.5, 0.6) is 0 Å². The van der Waals surface area contributed by atoms with Crippen molar-refractivity contribution in [2.45, 2.75) is 148 Å². The molecule has 0 heterocycles. The summed E-state index contributed by atoms with van der Waals surface area (Å²) in [7, 11) is 0. The van der Waals surface area contributed by atoms with E-state index in [1.165, 1.54) is 37.7 Å². The third-order valence-corrected chi connectivity index (χ3v) is 4.55. The molecule has 0 bridgehead atoms. The maximum atomic E-state index is 4.56. The lowest BCUT2D eigenvalue weighted by Gasteiger charge is -2.10. The van der Waals surface area contributed by atoms with E-state index in [9.17, 15) is 0 Å². The van der Waals surface area contributed by atoms with Crippen LogP contribution >= 0.6 is 0 Å². The van der Waals surface area contributed by atoms with Crippen LogP contribution in [-0.4, -0.2) is 12.3 Å². The molecule has 0 aliphatic carbocycles. The van der Waals surface area contributed by atoms with Crippen molar-refractivity contribution in [1.29, 1.82) is 0 Å². The Bertz CT molecular complexity index is 521. The van der Waals surface area contributed by atoms with Gasteiger partial charge in [-0.25, -0.2) is 0 Å². The smallest absolute Gasteiger partial charge is 0.0623 e. The Labute approximate surface area is 237 Å². The monoisotopic (exact) mass is 521 g/mol. The second-order valence-electron chi connectivity index (χ2n) is 8.64. The second kappa shape index (κ2) is 47.4. The molecule has 2 heteroatoms. The van der Waals surface area contributed by atoms with Crippen molar-refractivity contribution in [3.05, 3.63) is 61.0 Å². The van der Waals surface area contributed by atoms with Crippen molar-refractivity contribution < 1.29 is 0 Å².